The summed E-state index contributed by atoms with van der Waals surface area (Å²) in [4.78, 5) is 42.4. The monoisotopic (exact) mass is 374 g/mol. The Balaban J connectivity index is 2.28. The molecule has 1 heterocycles. The van der Waals surface area contributed by atoms with E-state index in [2.05, 4.69) is 15.3 Å². The Morgan fingerprint density at radius 1 is 1.23 bits per heavy atom. The van der Waals surface area contributed by atoms with E-state index >= 15 is 0 Å². The molecule has 0 fully saturated rings. The van der Waals surface area contributed by atoms with Crippen molar-refractivity contribution in [2.75, 3.05) is 11.1 Å². The molecule has 9 heteroatoms. The molecule has 8 nitrogen and oxygen atoms in total. The van der Waals surface area contributed by atoms with E-state index in [-0.39, 0.29) is 33.1 Å². The van der Waals surface area contributed by atoms with E-state index in [1.54, 1.807) is 24.3 Å². The van der Waals surface area contributed by atoms with Crippen molar-refractivity contribution >= 4 is 35.0 Å². The molecule has 0 bridgehead atoms. The number of rotatable bonds is 5. The highest BCUT2D eigenvalue weighted by Crippen LogP contribution is 2.27. The Hall–Kier alpha value is -3.07. The number of aromatic amines is 1. The molecule has 0 spiro atoms. The number of hydrogen-bond donors (Lipinski definition) is 4. The predicted molar refractivity (Wildman–Crippen MR) is 100 cm³/mol. The van der Waals surface area contributed by atoms with Gasteiger partial charge in [0, 0.05) is 5.56 Å². The molecular formula is C17H18N4O4S. The van der Waals surface area contributed by atoms with Crippen LogP contribution in [0.25, 0.3) is 0 Å². The summed E-state index contributed by atoms with van der Waals surface area (Å²) >= 11 is 0.780. The molecule has 0 aliphatic carbocycles. The number of ketones is 1. The lowest BCUT2D eigenvalue weighted by Crippen LogP contribution is -2.23. The van der Waals surface area contributed by atoms with E-state index in [1.807, 2.05) is 6.92 Å². The fraction of sp³-hybridized carbons (Fsp3) is 0.176. The fourth-order valence-electron chi connectivity index (χ4n) is 2.03. The second-order valence-corrected chi connectivity index (χ2v) is 6.52. The van der Waals surface area contributed by atoms with Gasteiger partial charge < -0.3 is 16.2 Å². The van der Waals surface area contributed by atoms with Gasteiger partial charge in [-0.05, 0) is 44.7 Å². The van der Waals surface area contributed by atoms with Crippen LogP contribution in [0.15, 0.2) is 44.9 Å². The fourth-order valence-corrected chi connectivity index (χ4v) is 2.80. The standard InChI is InChI=1S/C17H18N4O4S/c1-8-4-6-11(7-5-8)15(24)19-12-14(18)20-17(21-16(12)25)26-13(9(2)22)10(3)23/h4-7,22H,1-3H3,(H,19,24)(H3,18,20,21,25)/b13-9-. The normalized spacial score (nSPS) is 11.7. The van der Waals surface area contributed by atoms with Crippen LogP contribution in [0.5, 0.6) is 0 Å². The molecule has 1 aromatic heterocycles. The number of carbonyl (C=O) groups excluding carboxylic acids is 2. The van der Waals surface area contributed by atoms with Crippen LogP contribution in [-0.2, 0) is 4.79 Å². The Kier molecular flexibility index (Phi) is 5.83. The van der Waals surface area contributed by atoms with E-state index in [1.165, 1.54) is 13.8 Å². The topological polar surface area (TPSA) is 138 Å². The lowest BCUT2D eigenvalue weighted by molar-refractivity contribution is -0.113. The third-order valence-electron chi connectivity index (χ3n) is 3.33. The molecule has 0 atom stereocenters. The lowest BCUT2D eigenvalue weighted by Gasteiger charge is -2.09. The summed E-state index contributed by atoms with van der Waals surface area (Å²) in [5.41, 5.74) is 6.29. The van der Waals surface area contributed by atoms with Gasteiger partial charge in [0.15, 0.2) is 16.8 Å². The summed E-state index contributed by atoms with van der Waals surface area (Å²) in [6, 6.07) is 6.79. The number of allylic oxidation sites excluding steroid dienone is 2. The number of nitrogens with zero attached hydrogens (tertiary/aromatic N) is 1. The Morgan fingerprint density at radius 2 is 1.85 bits per heavy atom. The highest BCUT2D eigenvalue weighted by molar-refractivity contribution is 8.03. The number of aliphatic hydroxyl groups is 1. The van der Waals surface area contributed by atoms with E-state index in [9.17, 15) is 19.5 Å². The smallest absolute Gasteiger partial charge is 0.277 e. The number of Topliss-reactive ketones (excluding diaryl/α,β-unsaturated/α-hetero) is 1. The molecule has 2 aromatic rings. The van der Waals surface area contributed by atoms with Crippen molar-refractivity contribution in [1.82, 2.24) is 9.97 Å². The molecule has 5 N–H and O–H groups in total. The van der Waals surface area contributed by atoms with Crippen LogP contribution < -0.4 is 16.6 Å². The Morgan fingerprint density at radius 3 is 2.35 bits per heavy atom. The highest BCUT2D eigenvalue weighted by atomic mass is 32.2. The first-order chi connectivity index (χ1) is 12.2. The van der Waals surface area contributed by atoms with Crippen molar-refractivity contribution in [3.8, 4) is 0 Å². The van der Waals surface area contributed by atoms with E-state index < -0.39 is 11.5 Å². The maximum atomic E-state index is 12.2. The average Bonchev–Trinajstić information content (AvgIpc) is 2.55. The Bertz CT molecular complexity index is 944. The number of hydrogen-bond acceptors (Lipinski definition) is 7. The first kappa shape index (κ1) is 19.3. The molecule has 26 heavy (non-hydrogen) atoms. The molecular weight excluding hydrogens is 356 g/mol. The van der Waals surface area contributed by atoms with Crippen LogP contribution in [0.1, 0.15) is 29.8 Å². The number of benzene rings is 1. The number of nitrogens with one attached hydrogen (secondary N) is 2. The summed E-state index contributed by atoms with van der Waals surface area (Å²) in [5.74, 6) is -1.27. The summed E-state index contributed by atoms with van der Waals surface area (Å²) in [7, 11) is 0. The zero-order valence-corrected chi connectivity index (χ0v) is 15.2. The number of H-pyrrole nitrogens is 1. The number of aliphatic hydroxyl groups excluding tert-OH is 1. The van der Waals surface area contributed by atoms with Crippen LogP contribution in [0.4, 0.5) is 11.5 Å². The SMILES string of the molecule is CC(=O)/C(Sc1nc(N)c(NC(=O)c2ccc(C)cc2)c(=O)[nH]1)=C(\C)O. The molecule has 0 radical (unpaired) electrons. The van der Waals surface area contributed by atoms with Crippen molar-refractivity contribution in [2.24, 2.45) is 0 Å². The number of aromatic nitrogens is 2. The number of thioether (sulfide) groups is 1. The van der Waals surface area contributed by atoms with E-state index in [0.717, 1.165) is 17.3 Å². The summed E-state index contributed by atoms with van der Waals surface area (Å²) in [6.45, 7) is 4.52. The van der Waals surface area contributed by atoms with Gasteiger partial charge in [0.2, 0.25) is 0 Å². The van der Waals surface area contributed by atoms with Crippen LogP contribution in [0, 0.1) is 6.92 Å². The summed E-state index contributed by atoms with van der Waals surface area (Å²) < 4.78 is 0. The van der Waals surface area contributed by atoms with Gasteiger partial charge in [0.1, 0.15) is 11.4 Å². The number of carbonyl (C=O) groups is 2. The minimum absolute atomic E-state index is 0.0273. The van der Waals surface area contributed by atoms with E-state index in [0.29, 0.717) is 5.56 Å². The molecule has 0 aliphatic heterocycles. The zero-order valence-electron chi connectivity index (χ0n) is 14.4. The number of anilines is 2. The van der Waals surface area contributed by atoms with Gasteiger partial charge in [-0.15, -0.1) is 0 Å². The molecule has 0 unspecified atom stereocenters. The van der Waals surface area contributed by atoms with Crippen molar-refractivity contribution in [2.45, 2.75) is 25.9 Å². The molecule has 1 amide bonds. The predicted octanol–water partition coefficient (Wildman–Crippen LogP) is 2.38. The quantitative estimate of drug-likeness (QED) is 0.273. The van der Waals surface area contributed by atoms with E-state index in [4.69, 9.17) is 5.73 Å². The molecule has 1 aromatic carbocycles. The van der Waals surface area contributed by atoms with Crippen molar-refractivity contribution < 1.29 is 14.7 Å². The number of nitrogens with two attached hydrogens (primary N) is 1. The van der Waals surface area contributed by atoms with Crippen molar-refractivity contribution in [1.29, 1.82) is 0 Å². The van der Waals surface area contributed by atoms with Gasteiger partial charge in [-0.1, -0.05) is 17.7 Å². The molecule has 0 saturated heterocycles. The Labute approximate surface area is 153 Å². The zero-order chi connectivity index (χ0) is 19.4. The lowest BCUT2D eigenvalue weighted by atomic mass is 10.1. The molecule has 0 aliphatic rings. The second kappa shape index (κ2) is 7.87. The third-order valence-corrected chi connectivity index (χ3v) is 4.50. The van der Waals surface area contributed by atoms with Crippen molar-refractivity contribution in [3.63, 3.8) is 0 Å². The van der Waals surface area contributed by atoms with Gasteiger partial charge >= 0.3 is 0 Å². The first-order valence-corrected chi connectivity index (χ1v) is 8.37. The summed E-state index contributed by atoms with van der Waals surface area (Å²) in [6.07, 6.45) is 0. The average molecular weight is 374 g/mol. The van der Waals surface area contributed by atoms with Gasteiger partial charge in [0.25, 0.3) is 11.5 Å². The number of aryl methyl sites for hydroxylation is 1. The van der Waals surface area contributed by atoms with Crippen LogP contribution in [-0.4, -0.2) is 26.8 Å². The largest absolute Gasteiger partial charge is 0.511 e. The van der Waals surface area contributed by atoms with Gasteiger partial charge in [0.05, 0.1) is 4.91 Å². The van der Waals surface area contributed by atoms with Gasteiger partial charge in [-0.3, -0.25) is 19.4 Å². The second-order valence-electron chi connectivity index (χ2n) is 5.52. The molecule has 2 rings (SSSR count). The highest BCUT2D eigenvalue weighted by Gasteiger charge is 2.17. The molecule has 0 saturated carbocycles. The maximum Gasteiger partial charge on any atom is 0.277 e. The van der Waals surface area contributed by atoms with Crippen LogP contribution >= 0.6 is 11.8 Å². The van der Waals surface area contributed by atoms with Crippen molar-refractivity contribution in [3.05, 3.63) is 56.4 Å². The van der Waals surface area contributed by atoms with Crippen LogP contribution in [0.3, 0.4) is 0 Å². The number of amides is 1. The first-order valence-electron chi connectivity index (χ1n) is 7.55. The minimum atomic E-state index is -0.668. The van der Waals surface area contributed by atoms with Gasteiger partial charge in [-0.25, -0.2) is 4.98 Å². The third kappa shape index (κ3) is 4.51. The number of nitrogen functional groups attached to an aromatic ring is 1. The van der Waals surface area contributed by atoms with Crippen LogP contribution in [0.2, 0.25) is 0 Å². The molecule has 136 valence electrons. The maximum absolute atomic E-state index is 12.2. The minimum Gasteiger partial charge on any atom is -0.511 e. The van der Waals surface area contributed by atoms with Gasteiger partial charge in [-0.2, -0.15) is 0 Å². The summed E-state index contributed by atoms with van der Waals surface area (Å²) in [5, 5.41) is 12.0.